The van der Waals surface area contributed by atoms with Crippen molar-refractivity contribution >= 4 is 0 Å². The molecule has 1 saturated carbocycles. The number of pyridine rings is 1. The Morgan fingerprint density at radius 1 is 0.957 bits per heavy atom. The normalized spacial score (nSPS) is 21.7. The fraction of sp³-hybridized carbons (Fsp3) is 0.737. The molecule has 0 amide bonds. The van der Waals surface area contributed by atoms with Crippen LogP contribution in [0, 0.1) is 0 Å². The van der Waals surface area contributed by atoms with E-state index in [1.54, 1.807) is 12.3 Å². The molecule has 1 aromatic heterocycles. The third-order valence-corrected chi connectivity index (χ3v) is 5.45. The van der Waals surface area contributed by atoms with E-state index in [9.17, 15) is 9.90 Å². The molecule has 0 radical (unpaired) electrons. The van der Waals surface area contributed by atoms with Gasteiger partial charge in [-0.3, -0.25) is 9.69 Å². The van der Waals surface area contributed by atoms with Gasteiger partial charge in [0.15, 0.2) is 5.75 Å². The molecule has 2 aliphatic rings. The van der Waals surface area contributed by atoms with Crippen molar-refractivity contribution < 1.29 is 5.11 Å². The summed E-state index contributed by atoms with van der Waals surface area (Å²) in [6, 6.07) is 2.10. The third kappa shape index (κ3) is 4.37. The van der Waals surface area contributed by atoms with Gasteiger partial charge >= 0.3 is 0 Å². The first-order valence-corrected chi connectivity index (χ1v) is 9.40. The van der Waals surface area contributed by atoms with Crippen molar-refractivity contribution in [2.45, 2.75) is 76.8 Å². The minimum absolute atomic E-state index is 0.102. The van der Waals surface area contributed by atoms with Crippen LogP contribution in [0.4, 0.5) is 0 Å². The molecular formula is C19H30N2O2. The molecule has 1 N–H and O–H groups in total. The number of piperidine rings is 1. The first-order chi connectivity index (χ1) is 11.2. The molecule has 0 spiro atoms. The second-order valence-corrected chi connectivity index (χ2v) is 7.26. The fourth-order valence-electron chi connectivity index (χ4n) is 4.10. The minimum Gasteiger partial charge on any atom is -0.503 e. The highest BCUT2D eigenvalue weighted by atomic mass is 16.3. The fourth-order valence-corrected chi connectivity index (χ4v) is 4.10. The minimum atomic E-state index is -0.237. The van der Waals surface area contributed by atoms with Gasteiger partial charge in [-0.25, -0.2) is 0 Å². The highest BCUT2D eigenvalue weighted by Crippen LogP contribution is 2.28. The Kier molecular flexibility index (Phi) is 5.76. The molecule has 1 aromatic rings. The topological polar surface area (TPSA) is 45.5 Å². The number of aromatic nitrogens is 1. The highest BCUT2D eigenvalue weighted by molar-refractivity contribution is 5.21. The van der Waals surface area contributed by atoms with Crippen LogP contribution in [-0.2, 0) is 6.54 Å². The van der Waals surface area contributed by atoms with Crippen LogP contribution in [0.15, 0.2) is 17.1 Å². The van der Waals surface area contributed by atoms with Crippen LogP contribution in [0.5, 0.6) is 5.75 Å². The summed E-state index contributed by atoms with van der Waals surface area (Å²) >= 11 is 0. The molecule has 0 bridgehead atoms. The molecular weight excluding hydrogens is 288 g/mol. The van der Waals surface area contributed by atoms with Gasteiger partial charge in [0.2, 0.25) is 5.43 Å². The molecule has 3 rings (SSSR count). The Labute approximate surface area is 139 Å². The molecule has 2 heterocycles. The third-order valence-electron chi connectivity index (χ3n) is 5.45. The Hall–Kier alpha value is -1.29. The average molecular weight is 318 g/mol. The van der Waals surface area contributed by atoms with Gasteiger partial charge in [-0.15, -0.1) is 0 Å². The van der Waals surface area contributed by atoms with Crippen LogP contribution in [0.3, 0.4) is 0 Å². The Morgan fingerprint density at radius 2 is 1.57 bits per heavy atom. The zero-order valence-corrected chi connectivity index (χ0v) is 14.2. The zero-order valence-electron chi connectivity index (χ0n) is 14.2. The first kappa shape index (κ1) is 16.6. The maximum Gasteiger partial charge on any atom is 0.223 e. The second-order valence-electron chi connectivity index (χ2n) is 7.26. The van der Waals surface area contributed by atoms with Crippen molar-refractivity contribution in [2.75, 3.05) is 13.1 Å². The maximum absolute atomic E-state index is 12.0. The SMILES string of the molecule is O=c1cc(CN2CCCCC2)n(C2CCCCCCC2)cc1O. The Bertz CT molecular complexity index is 553. The highest BCUT2D eigenvalue weighted by Gasteiger charge is 2.19. The Balaban J connectivity index is 1.83. The Morgan fingerprint density at radius 3 is 2.26 bits per heavy atom. The lowest BCUT2D eigenvalue weighted by atomic mass is 9.96. The van der Waals surface area contributed by atoms with Gasteiger partial charge < -0.3 is 9.67 Å². The smallest absolute Gasteiger partial charge is 0.223 e. The molecule has 128 valence electrons. The van der Waals surface area contributed by atoms with Gasteiger partial charge in [0.05, 0.1) is 6.20 Å². The second kappa shape index (κ2) is 8.00. The van der Waals surface area contributed by atoms with Gasteiger partial charge in [0.25, 0.3) is 0 Å². The van der Waals surface area contributed by atoms with Gasteiger partial charge in [-0.05, 0) is 38.8 Å². The first-order valence-electron chi connectivity index (χ1n) is 9.40. The van der Waals surface area contributed by atoms with E-state index < -0.39 is 0 Å². The molecule has 1 aliphatic heterocycles. The van der Waals surface area contributed by atoms with Crippen molar-refractivity contribution in [3.05, 3.63) is 28.2 Å². The van der Waals surface area contributed by atoms with Gasteiger partial charge in [0.1, 0.15) is 0 Å². The van der Waals surface area contributed by atoms with Gasteiger partial charge in [-0.1, -0.05) is 38.5 Å². The van der Waals surface area contributed by atoms with E-state index in [2.05, 4.69) is 9.47 Å². The lowest BCUT2D eigenvalue weighted by Gasteiger charge is -2.30. The van der Waals surface area contributed by atoms with E-state index >= 15 is 0 Å². The van der Waals surface area contributed by atoms with E-state index in [0.717, 1.165) is 38.2 Å². The summed E-state index contributed by atoms with van der Waals surface area (Å²) in [5.74, 6) is -0.102. The quantitative estimate of drug-likeness (QED) is 0.921. The summed E-state index contributed by atoms with van der Waals surface area (Å²) in [6.45, 7) is 3.09. The summed E-state index contributed by atoms with van der Waals surface area (Å²) in [7, 11) is 0. The van der Waals surface area contributed by atoms with Gasteiger partial charge in [-0.2, -0.15) is 0 Å². The lowest BCUT2D eigenvalue weighted by Crippen LogP contribution is -2.31. The van der Waals surface area contributed by atoms with Crippen molar-refractivity contribution in [1.82, 2.24) is 9.47 Å². The van der Waals surface area contributed by atoms with Crippen LogP contribution in [0.2, 0.25) is 0 Å². The van der Waals surface area contributed by atoms with E-state index in [4.69, 9.17) is 0 Å². The summed E-state index contributed by atoms with van der Waals surface area (Å²) in [4.78, 5) is 14.4. The number of aromatic hydroxyl groups is 1. The van der Waals surface area contributed by atoms with E-state index in [-0.39, 0.29) is 11.2 Å². The summed E-state index contributed by atoms with van der Waals surface area (Å²) < 4.78 is 2.22. The predicted molar refractivity (Wildman–Crippen MR) is 92.9 cm³/mol. The number of hydrogen-bond donors (Lipinski definition) is 1. The number of likely N-dealkylation sites (tertiary alicyclic amines) is 1. The van der Waals surface area contributed by atoms with Crippen LogP contribution in [0.1, 0.15) is 75.9 Å². The predicted octanol–water partition coefficient (Wildman–Crippen LogP) is 3.83. The van der Waals surface area contributed by atoms with E-state index in [1.807, 2.05) is 0 Å². The van der Waals surface area contributed by atoms with Crippen molar-refractivity contribution in [3.8, 4) is 5.75 Å². The van der Waals surface area contributed by atoms with Crippen LogP contribution in [-0.4, -0.2) is 27.7 Å². The largest absolute Gasteiger partial charge is 0.503 e. The molecule has 1 aliphatic carbocycles. The summed E-state index contributed by atoms with van der Waals surface area (Å²) in [5.41, 5.74) is 0.847. The molecule has 4 nitrogen and oxygen atoms in total. The number of hydrogen-bond acceptors (Lipinski definition) is 3. The molecule has 0 unspecified atom stereocenters. The van der Waals surface area contributed by atoms with Gasteiger partial charge in [0, 0.05) is 24.3 Å². The number of nitrogens with zero attached hydrogens (tertiary/aromatic N) is 2. The van der Waals surface area contributed by atoms with Crippen LogP contribution in [0.25, 0.3) is 0 Å². The zero-order chi connectivity index (χ0) is 16.1. The lowest BCUT2D eigenvalue weighted by molar-refractivity contribution is 0.211. The van der Waals surface area contributed by atoms with E-state index in [0.29, 0.717) is 6.04 Å². The van der Waals surface area contributed by atoms with Crippen LogP contribution < -0.4 is 5.43 Å². The van der Waals surface area contributed by atoms with Crippen LogP contribution >= 0.6 is 0 Å². The monoisotopic (exact) mass is 318 g/mol. The van der Waals surface area contributed by atoms with Crippen molar-refractivity contribution in [3.63, 3.8) is 0 Å². The standard InChI is InChI=1S/C19H30N2O2/c22-18-13-17(14-20-11-7-4-8-12-20)21(15-19(18)23)16-9-5-2-1-3-6-10-16/h13,15-16,23H,1-12,14H2. The summed E-state index contributed by atoms with van der Waals surface area (Å²) in [6.07, 6.45) is 14.3. The summed E-state index contributed by atoms with van der Waals surface area (Å²) in [5, 5.41) is 9.94. The molecule has 1 saturated heterocycles. The molecule has 23 heavy (non-hydrogen) atoms. The maximum atomic E-state index is 12.0. The van der Waals surface area contributed by atoms with Crippen molar-refractivity contribution in [1.29, 1.82) is 0 Å². The van der Waals surface area contributed by atoms with Crippen molar-refractivity contribution in [2.24, 2.45) is 0 Å². The molecule has 0 atom stereocenters. The van der Waals surface area contributed by atoms with E-state index in [1.165, 1.54) is 51.4 Å². The molecule has 0 aromatic carbocycles. The average Bonchev–Trinajstić information content (AvgIpc) is 2.52. The molecule has 2 fully saturated rings. The number of rotatable bonds is 3. The molecule has 4 heteroatoms.